The van der Waals surface area contributed by atoms with Gasteiger partial charge in [0.15, 0.2) is 5.78 Å². The Morgan fingerprint density at radius 2 is 1.32 bits per heavy atom. The highest BCUT2D eigenvalue weighted by Crippen LogP contribution is 2.33. The van der Waals surface area contributed by atoms with E-state index in [9.17, 15) is 4.79 Å². The van der Waals surface area contributed by atoms with Gasteiger partial charge in [-0.25, -0.2) is 0 Å². The molecule has 0 radical (unpaired) electrons. The molecule has 0 spiro atoms. The SMILES string of the molecule is CC(C)c1ccc(C(=O)c2cc(Cl)c(C(C)C)c(Cl)c2)cc1. The van der Waals surface area contributed by atoms with Crippen molar-refractivity contribution in [3.8, 4) is 0 Å². The predicted molar refractivity (Wildman–Crippen MR) is 94.5 cm³/mol. The van der Waals surface area contributed by atoms with Crippen LogP contribution in [0.5, 0.6) is 0 Å². The van der Waals surface area contributed by atoms with Crippen molar-refractivity contribution in [1.29, 1.82) is 0 Å². The van der Waals surface area contributed by atoms with Gasteiger partial charge in [-0.05, 0) is 35.1 Å². The second-order valence-corrected chi connectivity index (χ2v) is 6.93. The van der Waals surface area contributed by atoms with Crippen LogP contribution >= 0.6 is 23.2 Å². The molecule has 0 saturated heterocycles. The fraction of sp³-hybridized carbons (Fsp3) is 0.316. The Morgan fingerprint density at radius 3 is 1.73 bits per heavy atom. The average molecular weight is 335 g/mol. The summed E-state index contributed by atoms with van der Waals surface area (Å²) in [4.78, 5) is 12.6. The maximum absolute atomic E-state index is 12.6. The van der Waals surface area contributed by atoms with E-state index in [0.717, 1.165) is 5.56 Å². The molecule has 0 aliphatic carbocycles. The van der Waals surface area contributed by atoms with Gasteiger partial charge in [0, 0.05) is 21.2 Å². The van der Waals surface area contributed by atoms with Crippen LogP contribution in [0.4, 0.5) is 0 Å². The van der Waals surface area contributed by atoms with Crippen molar-refractivity contribution in [2.75, 3.05) is 0 Å². The molecule has 0 unspecified atom stereocenters. The van der Waals surface area contributed by atoms with Crippen LogP contribution in [0.1, 0.15) is 66.6 Å². The van der Waals surface area contributed by atoms with Crippen molar-refractivity contribution in [2.24, 2.45) is 0 Å². The summed E-state index contributed by atoms with van der Waals surface area (Å²) in [5.74, 6) is 0.599. The zero-order valence-corrected chi connectivity index (χ0v) is 14.8. The van der Waals surface area contributed by atoms with Crippen molar-refractivity contribution >= 4 is 29.0 Å². The van der Waals surface area contributed by atoms with E-state index in [4.69, 9.17) is 23.2 Å². The van der Waals surface area contributed by atoms with E-state index in [1.165, 1.54) is 5.56 Å². The Morgan fingerprint density at radius 1 is 0.818 bits per heavy atom. The van der Waals surface area contributed by atoms with E-state index < -0.39 is 0 Å². The first-order valence-corrected chi connectivity index (χ1v) is 8.20. The van der Waals surface area contributed by atoms with Gasteiger partial charge in [-0.15, -0.1) is 0 Å². The molecule has 0 atom stereocenters. The van der Waals surface area contributed by atoms with Crippen LogP contribution < -0.4 is 0 Å². The van der Waals surface area contributed by atoms with Gasteiger partial charge in [0.1, 0.15) is 0 Å². The number of rotatable bonds is 4. The van der Waals surface area contributed by atoms with Crippen LogP contribution in [0.15, 0.2) is 36.4 Å². The molecule has 0 amide bonds. The lowest BCUT2D eigenvalue weighted by Gasteiger charge is -2.13. The molecule has 0 saturated carbocycles. The summed E-state index contributed by atoms with van der Waals surface area (Å²) in [6, 6.07) is 11.1. The summed E-state index contributed by atoms with van der Waals surface area (Å²) in [6.07, 6.45) is 0. The number of carbonyl (C=O) groups is 1. The smallest absolute Gasteiger partial charge is 0.193 e. The van der Waals surface area contributed by atoms with E-state index >= 15 is 0 Å². The second-order valence-electron chi connectivity index (χ2n) is 6.11. The minimum Gasteiger partial charge on any atom is -0.289 e. The Kier molecular flexibility index (Phi) is 5.31. The summed E-state index contributed by atoms with van der Waals surface area (Å²) in [5, 5.41) is 1.09. The van der Waals surface area contributed by atoms with Crippen molar-refractivity contribution < 1.29 is 4.79 Å². The normalized spacial score (nSPS) is 11.3. The van der Waals surface area contributed by atoms with E-state index in [-0.39, 0.29) is 11.7 Å². The predicted octanol–water partition coefficient (Wildman–Crippen LogP) is 6.47. The molecule has 2 aromatic rings. The zero-order chi connectivity index (χ0) is 16.4. The standard InChI is InChI=1S/C19H20Cl2O/c1-11(2)13-5-7-14(8-6-13)19(22)15-9-16(20)18(12(3)4)17(21)10-15/h5-12H,1-4H3. The molecule has 0 aliphatic rings. The summed E-state index contributed by atoms with van der Waals surface area (Å²) in [6.45, 7) is 8.31. The Balaban J connectivity index is 2.37. The molecule has 2 aromatic carbocycles. The topological polar surface area (TPSA) is 17.1 Å². The molecular formula is C19H20Cl2O. The molecule has 0 heterocycles. The number of ketones is 1. The number of benzene rings is 2. The van der Waals surface area contributed by atoms with E-state index in [1.54, 1.807) is 12.1 Å². The van der Waals surface area contributed by atoms with E-state index in [0.29, 0.717) is 27.1 Å². The molecule has 1 nitrogen and oxygen atoms in total. The first-order chi connectivity index (χ1) is 10.3. The maximum atomic E-state index is 12.6. The fourth-order valence-electron chi connectivity index (χ4n) is 2.45. The van der Waals surface area contributed by atoms with Gasteiger partial charge in [0.25, 0.3) is 0 Å². The van der Waals surface area contributed by atoms with Gasteiger partial charge >= 0.3 is 0 Å². The van der Waals surface area contributed by atoms with Crippen molar-refractivity contribution in [2.45, 2.75) is 39.5 Å². The van der Waals surface area contributed by atoms with Crippen molar-refractivity contribution in [3.63, 3.8) is 0 Å². The Labute approximate surface area is 142 Å². The quantitative estimate of drug-likeness (QED) is 0.585. The van der Waals surface area contributed by atoms with Crippen LogP contribution in [-0.4, -0.2) is 5.78 Å². The molecule has 0 N–H and O–H groups in total. The molecule has 3 heteroatoms. The third kappa shape index (κ3) is 3.53. The van der Waals surface area contributed by atoms with Crippen molar-refractivity contribution in [1.82, 2.24) is 0 Å². The molecule has 22 heavy (non-hydrogen) atoms. The summed E-state index contributed by atoms with van der Waals surface area (Å²) in [7, 11) is 0. The number of hydrogen-bond acceptors (Lipinski definition) is 1. The van der Waals surface area contributed by atoms with Gasteiger partial charge < -0.3 is 0 Å². The van der Waals surface area contributed by atoms with Crippen molar-refractivity contribution in [3.05, 3.63) is 68.7 Å². The molecule has 116 valence electrons. The van der Waals surface area contributed by atoms with Gasteiger partial charge in [-0.3, -0.25) is 4.79 Å². The van der Waals surface area contributed by atoms with E-state index in [2.05, 4.69) is 13.8 Å². The van der Waals surface area contributed by atoms with Crippen LogP contribution in [0.2, 0.25) is 10.0 Å². The van der Waals surface area contributed by atoms with Gasteiger partial charge in [0.05, 0.1) is 0 Å². The largest absolute Gasteiger partial charge is 0.289 e. The Bertz CT molecular complexity index is 662. The highest BCUT2D eigenvalue weighted by atomic mass is 35.5. The fourth-order valence-corrected chi connectivity index (χ4v) is 3.38. The summed E-state index contributed by atoms with van der Waals surface area (Å²) < 4.78 is 0. The zero-order valence-electron chi connectivity index (χ0n) is 13.3. The third-order valence-corrected chi connectivity index (χ3v) is 4.38. The molecule has 0 aliphatic heterocycles. The molecule has 2 rings (SSSR count). The van der Waals surface area contributed by atoms with Crippen LogP contribution in [0.3, 0.4) is 0 Å². The second kappa shape index (κ2) is 6.85. The number of halogens is 2. The average Bonchev–Trinajstić information content (AvgIpc) is 2.45. The number of hydrogen-bond donors (Lipinski definition) is 0. The lowest BCUT2D eigenvalue weighted by Crippen LogP contribution is -2.03. The third-order valence-electron chi connectivity index (χ3n) is 3.76. The lowest BCUT2D eigenvalue weighted by molar-refractivity contribution is 0.103. The first-order valence-electron chi connectivity index (χ1n) is 7.44. The van der Waals surface area contributed by atoms with Crippen LogP contribution in [-0.2, 0) is 0 Å². The van der Waals surface area contributed by atoms with Gasteiger partial charge in [-0.1, -0.05) is 75.2 Å². The van der Waals surface area contributed by atoms with Gasteiger partial charge in [0.2, 0.25) is 0 Å². The first kappa shape index (κ1) is 17.1. The highest BCUT2D eigenvalue weighted by Gasteiger charge is 2.16. The highest BCUT2D eigenvalue weighted by molar-refractivity contribution is 6.37. The number of carbonyl (C=O) groups excluding carboxylic acids is 1. The Hall–Kier alpha value is -1.31. The van der Waals surface area contributed by atoms with Crippen LogP contribution in [0.25, 0.3) is 0 Å². The minimum atomic E-state index is -0.0607. The maximum Gasteiger partial charge on any atom is 0.193 e. The van der Waals surface area contributed by atoms with Gasteiger partial charge in [-0.2, -0.15) is 0 Å². The molecule has 0 fully saturated rings. The molecule has 0 bridgehead atoms. The molecule has 0 aromatic heterocycles. The minimum absolute atomic E-state index is 0.0607. The van der Waals surface area contributed by atoms with Crippen LogP contribution in [0, 0.1) is 0 Å². The van der Waals surface area contributed by atoms with E-state index in [1.807, 2.05) is 38.1 Å². The summed E-state index contributed by atoms with van der Waals surface area (Å²) in [5.41, 5.74) is 3.27. The monoisotopic (exact) mass is 334 g/mol. The molecular weight excluding hydrogens is 315 g/mol. The lowest BCUT2D eigenvalue weighted by atomic mass is 9.96. The summed E-state index contributed by atoms with van der Waals surface area (Å²) >= 11 is 12.6.